The van der Waals surface area contributed by atoms with E-state index in [0.717, 1.165) is 60.7 Å². The molecule has 6 nitrogen and oxygen atoms in total. The molecule has 2 aliphatic heterocycles. The van der Waals surface area contributed by atoms with Gasteiger partial charge in [0.15, 0.2) is 0 Å². The van der Waals surface area contributed by atoms with Crippen LogP contribution in [-0.4, -0.2) is 30.7 Å². The van der Waals surface area contributed by atoms with E-state index in [9.17, 15) is 4.79 Å². The molecule has 162 valence electrons. The number of benzene rings is 2. The topological polar surface area (TPSA) is 99.4 Å². The van der Waals surface area contributed by atoms with E-state index >= 15 is 0 Å². The van der Waals surface area contributed by atoms with Crippen molar-refractivity contribution in [2.24, 2.45) is 5.73 Å². The number of anilines is 1. The summed E-state index contributed by atoms with van der Waals surface area (Å²) in [4.78, 5) is 11.1. The van der Waals surface area contributed by atoms with Crippen LogP contribution in [-0.2, 0) is 11.2 Å². The first kappa shape index (κ1) is 21.0. The second-order valence-corrected chi connectivity index (χ2v) is 8.23. The van der Waals surface area contributed by atoms with Gasteiger partial charge in [0.2, 0.25) is 0 Å². The average Bonchev–Trinajstić information content (AvgIpc) is 2.93. The fraction of sp³-hybridized carbons (Fsp3) is 0.320. The van der Waals surface area contributed by atoms with Gasteiger partial charge in [-0.25, -0.2) is 0 Å². The molecule has 31 heavy (non-hydrogen) atoms. The number of aliphatic carboxylic acids is 1. The van der Waals surface area contributed by atoms with Crippen molar-refractivity contribution in [1.82, 2.24) is 10.6 Å². The molecule has 1 atom stereocenters. The highest BCUT2D eigenvalue weighted by molar-refractivity contribution is 5.75. The summed E-state index contributed by atoms with van der Waals surface area (Å²) in [5, 5.41) is 19.7. The van der Waals surface area contributed by atoms with Crippen LogP contribution in [0.2, 0.25) is 0 Å². The summed E-state index contributed by atoms with van der Waals surface area (Å²) in [7, 11) is 0. The molecule has 2 heterocycles. The Balaban J connectivity index is 1.72. The minimum Gasteiger partial charge on any atom is -0.481 e. The van der Waals surface area contributed by atoms with Gasteiger partial charge in [0, 0.05) is 30.0 Å². The van der Waals surface area contributed by atoms with E-state index in [1.165, 1.54) is 16.7 Å². The van der Waals surface area contributed by atoms with Gasteiger partial charge in [-0.3, -0.25) is 4.79 Å². The number of nitrogens with two attached hydrogens (primary N) is 1. The molecule has 2 aromatic carbocycles. The van der Waals surface area contributed by atoms with Crippen LogP contribution in [0.3, 0.4) is 0 Å². The Bertz CT molecular complexity index is 1040. The second kappa shape index (κ2) is 9.27. The summed E-state index contributed by atoms with van der Waals surface area (Å²) < 4.78 is 0. The zero-order valence-electron chi connectivity index (χ0n) is 17.9. The molecule has 0 amide bonds. The Morgan fingerprint density at radius 3 is 2.84 bits per heavy atom. The number of carbonyl (C=O) groups is 1. The lowest BCUT2D eigenvalue weighted by Gasteiger charge is -2.23. The van der Waals surface area contributed by atoms with Crippen molar-refractivity contribution in [2.45, 2.75) is 32.2 Å². The van der Waals surface area contributed by atoms with Crippen LogP contribution in [0.4, 0.5) is 5.69 Å². The number of hydrogen-bond acceptors (Lipinski definition) is 5. The van der Waals surface area contributed by atoms with Crippen LogP contribution in [0, 0.1) is 0 Å². The molecule has 1 unspecified atom stereocenters. The molecule has 6 N–H and O–H groups in total. The molecular weight excluding hydrogens is 388 g/mol. The summed E-state index contributed by atoms with van der Waals surface area (Å²) in [6, 6.07) is 14.4. The van der Waals surface area contributed by atoms with Crippen LogP contribution in [0.25, 0.3) is 11.3 Å². The maximum absolute atomic E-state index is 11.1. The Morgan fingerprint density at radius 1 is 1.23 bits per heavy atom. The Kier molecular flexibility index (Phi) is 6.28. The van der Waals surface area contributed by atoms with E-state index in [4.69, 9.17) is 10.8 Å². The summed E-state index contributed by atoms with van der Waals surface area (Å²) in [5.74, 6) is -0.825. The van der Waals surface area contributed by atoms with Gasteiger partial charge in [0.1, 0.15) is 0 Å². The molecule has 2 aliphatic rings. The van der Waals surface area contributed by atoms with Crippen molar-refractivity contribution < 1.29 is 9.90 Å². The number of nitrogens with one attached hydrogen (secondary N) is 3. The molecule has 0 aromatic heterocycles. The first-order chi connectivity index (χ1) is 15.0. The van der Waals surface area contributed by atoms with E-state index in [1.54, 1.807) is 0 Å². The van der Waals surface area contributed by atoms with Crippen LogP contribution >= 0.6 is 0 Å². The van der Waals surface area contributed by atoms with Gasteiger partial charge < -0.3 is 26.8 Å². The average molecular weight is 419 g/mol. The molecular formula is C25H30N4O2. The van der Waals surface area contributed by atoms with Crippen LogP contribution in [0.15, 0.2) is 54.2 Å². The number of rotatable bonds is 5. The van der Waals surface area contributed by atoms with Gasteiger partial charge in [-0.15, -0.1) is 0 Å². The highest BCUT2D eigenvalue weighted by Gasteiger charge is 2.23. The fourth-order valence-corrected chi connectivity index (χ4v) is 4.40. The second-order valence-electron chi connectivity index (χ2n) is 8.23. The van der Waals surface area contributed by atoms with Crippen molar-refractivity contribution in [1.29, 1.82) is 0 Å². The van der Waals surface area contributed by atoms with E-state index in [0.29, 0.717) is 0 Å². The van der Waals surface area contributed by atoms with Crippen molar-refractivity contribution >= 4 is 22.9 Å². The van der Waals surface area contributed by atoms with Gasteiger partial charge >= 0.3 is 5.97 Å². The SMILES string of the molecule is C/C(N)=C1/NCCC(Nc2cccc(CC(=O)O)c2)c2cc(C3=CCNCC3)ccc21. The van der Waals surface area contributed by atoms with E-state index in [2.05, 4.69) is 40.2 Å². The molecule has 0 spiro atoms. The zero-order chi connectivity index (χ0) is 21.8. The molecule has 0 bridgehead atoms. The minimum atomic E-state index is -0.825. The highest BCUT2D eigenvalue weighted by Crippen LogP contribution is 2.35. The largest absolute Gasteiger partial charge is 0.481 e. The molecule has 0 saturated carbocycles. The van der Waals surface area contributed by atoms with Crippen LogP contribution in [0.5, 0.6) is 0 Å². The zero-order valence-corrected chi connectivity index (χ0v) is 17.9. The summed E-state index contributed by atoms with van der Waals surface area (Å²) in [6.07, 6.45) is 4.19. The normalized spacial score (nSPS) is 20.0. The van der Waals surface area contributed by atoms with Gasteiger partial charge in [0.25, 0.3) is 0 Å². The van der Waals surface area contributed by atoms with E-state index in [-0.39, 0.29) is 12.5 Å². The van der Waals surface area contributed by atoms with Gasteiger partial charge in [-0.2, -0.15) is 0 Å². The maximum atomic E-state index is 11.1. The minimum absolute atomic E-state index is 0.0178. The monoisotopic (exact) mass is 418 g/mol. The van der Waals surface area contributed by atoms with Gasteiger partial charge in [-0.1, -0.05) is 30.3 Å². The number of allylic oxidation sites excluding steroid dienone is 1. The summed E-state index contributed by atoms with van der Waals surface area (Å²) in [6.45, 7) is 4.63. The van der Waals surface area contributed by atoms with Crippen molar-refractivity contribution in [3.8, 4) is 0 Å². The Morgan fingerprint density at radius 2 is 2.10 bits per heavy atom. The number of carboxylic acids is 1. The Labute approximate surface area is 183 Å². The van der Waals surface area contributed by atoms with Crippen LogP contribution < -0.4 is 21.7 Å². The first-order valence-corrected chi connectivity index (χ1v) is 10.8. The predicted molar refractivity (Wildman–Crippen MR) is 125 cm³/mol. The molecule has 2 aromatic rings. The van der Waals surface area contributed by atoms with Crippen molar-refractivity contribution in [2.75, 3.05) is 25.0 Å². The molecule has 6 heteroatoms. The smallest absolute Gasteiger partial charge is 0.307 e. The fourth-order valence-electron chi connectivity index (χ4n) is 4.40. The highest BCUT2D eigenvalue weighted by atomic mass is 16.4. The summed E-state index contributed by atoms with van der Waals surface area (Å²) in [5.41, 5.74) is 14.7. The third-order valence-electron chi connectivity index (χ3n) is 5.88. The summed E-state index contributed by atoms with van der Waals surface area (Å²) >= 11 is 0. The molecule has 0 aliphatic carbocycles. The van der Waals surface area contributed by atoms with Crippen molar-refractivity contribution in [3.05, 3.63) is 76.5 Å². The molecule has 4 rings (SSSR count). The van der Waals surface area contributed by atoms with E-state index < -0.39 is 5.97 Å². The lowest BCUT2D eigenvalue weighted by atomic mass is 9.91. The van der Waals surface area contributed by atoms with E-state index in [1.807, 2.05) is 31.2 Å². The van der Waals surface area contributed by atoms with Crippen LogP contribution in [0.1, 0.15) is 48.1 Å². The van der Waals surface area contributed by atoms with Crippen molar-refractivity contribution in [3.63, 3.8) is 0 Å². The quantitative estimate of drug-likeness (QED) is 0.510. The first-order valence-electron chi connectivity index (χ1n) is 10.8. The molecule has 0 radical (unpaired) electrons. The standard InChI is InChI=1S/C25H30N4O2/c1-16(26)25-21-6-5-19(18-7-10-27-11-8-18)15-22(21)23(9-12-28-25)29-20-4-2-3-17(13-20)14-24(30)31/h2-7,13,15,23,27-29H,8-12,14,26H2,1H3,(H,30,31)/b25-16-. The lowest BCUT2D eigenvalue weighted by molar-refractivity contribution is -0.136. The third-order valence-corrected chi connectivity index (χ3v) is 5.88. The maximum Gasteiger partial charge on any atom is 0.307 e. The lowest BCUT2D eigenvalue weighted by Crippen LogP contribution is -2.20. The molecule has 0 saturated heterocycles. The van der Waals surface area contributed by atoms with Gasteiger partial charge in [-0.05, 0) is 66.8 Å². The number of carboxylic acid groups (broad SMARTS) is 1. The van der Waals surface area contributed by atoms with Gasteiger partial charge in [0.05, 0.1) is 18.2 Å². The Hall–Kier alpha value is -3.25. The predicted octanol–water partition coefficient (Wildman–Crippen LogP) is 3.48. The third kappa shape index (κ3) is 4.91. The molecule has 0 fully saturated rings. The number of fused-ring (bicyclic) bond motifs is 1. The number of hydrogen-bond donors (Lipinski definition) is 5.